The largest absolute Gasteiger partial charge is 0.480 e. The van der Waals surface area contributed by atoms with Crippen LogP contribution < -0.4 is 5.73 Å². The maximum atomic E-state index is 10.5. The van der Waals surface area contributed by atoms with Crippen LogP contribution in [0.5, 0.6) is 0 Å². The summed E-state index contributed by atoms with van der Waals surface area (Å²) in [4.78, 5) is 10.5. The Morgan fingerprint density at radius 3 is 2.86 bits per heavy atom. The molecule has 0 aliphatic rings. The number of carbonyl (C=O) groups is 1. The van der Waals surface area contributed by atoms with Gasteiger partial charge in [-0.25, -0.2) is 0 Å². The Bertz CT molecular complexity index is 357. The molecule has 14 heavy (non-hydrogen) atoms. The van der Waals surface area contributed by atoms with Crippen LogP contribution in [0.15, 0.2) is 18.2 Å². The van der Waals surface area contributed by atoms with E-state index in [1.165, 1.54) is 0 Å². The van der Waals surface area contributed by atoms with Crippen molar-refractivity contribution >= 4 is 40.2 Å². The minimum Gasteiger partial charge on any atom is -0.480 e. The number of hydrogen-bond acceptors (Lipinski definition) is 2. The number of hydrogen-bond donors (Lipinski definition) is 2. The second-order valence-corrected chi connectivity index (χ2v) is 4.48. The average molecular weight is 326 g/mol. The second-order valence-electron chi connectivity index (χ2n) is 2.88. The van der Waals surface area contributed by atoms with Gasteiger partial charge < -0.3 is 10.8 Å². The number of benzene rings is 1. The highest BCUT2D eigenvalue weighted by molar-refractivity contribution is 14.1. The number of halogens is 2. The monoisotopic (exact) mass is 325 g/mol. The van der Waals surface area contributed by atoms with Gasteiger partial charge in [0.05, 0.1) is 0 Å². The second kappa shape index (κ2) is 4.95. The van der Waals surface area contributed by atoms with Gasteiger partial charge in [0, 0.05) is 8.59 Å². The molecule has 1 rings (SSSR count). The number of carboxylic acid groups (broad SMARTS) is 1. The normalized spacial score (nSPS) is 12.5. The first-order valence-corrected chi connectivity index (χ1v) is 5.38. The first-order chi connectivity index (χ1) is 6.50. The van der Waals surface area contributed by atoms with Crippen LogP contribution in [0.4, 0.5) is 0 Å². The summed E-state index contributed by atoms with van der Waals surface area (Å²) in [6.45, 7) is 0. The van der Waals surface area contributed by atoms with E-state index in [1.54, 1.807) is 12.1 Å². The Balaban J connectivity index is 2.85. The van der Waals surface area contributed by atoms with Crippen molar-refractivity contribution in [2.24, 2.45) is 5.73 Å². The van der Waals surface area contributed by atoms with Gasteiger partial charge in [0.2, 0.25) is 0 Å². The van der Waals surface area contributed by atoms with Crippen LogP contribution in [-0.2, 0) is 11.2 Å². The van der Waals surface area contributed by atoms with Gasteiger partial charge in [-0.2, -0.15) is 0 Å². The highest BCUT2D eigenvalue weighted by Gasteiger charge is 2.13. The van der Waals surface area contributed by atoms with Crippen molar-refractivity contribution in [1.29, 1.82) is 0 Å². The van der Waals surface area contributed by atoms with E-state index in [9.17, 15) is 4.79 Å². The molecule has 0 spiro atoms. The van der Waals surface area contributed by atoms with Crippen LogP contribution in [0.25, 0.3) is 0 Å². The first kappa shape index (κ1) is 11.7. The number of nitrogens with two attached hydrogens (primary N) is 1. The van der Waals surface area contributed by atoms with Crippen molar-refractivity contribution in [2.45, 2.75) is 12.5 Å². The minimum atomic E-state index is -0.999. The fourth-order valence-corrected chi connectivity index (χ4v) is 1.77. The fraction of sp³-hybridized carbons (Fsp3) is 0.222. The van der Waals surface area contributed by atoms with E-state index >= 15 is 0 Å². The predicted molar refractivity (Wildman–Crippen MR) is 63.5 cm³/mol. The van der Waals surface area contributed by atoms with E-state index < -0.39 is 12.0 Å². The first-order valence-electron chi connectivity index (χ1n) is 3.93. The molecule has 5 heteroatoms. The van der Waals surface area contributed by atoms with Gasteiger partial charge in [-0.1, -0.05) is 11.6 Å². The molecule has 0 heterocycles. The predicted octanol–water partition coefficient (Wildman–Crippen LogP) is 1.90. The van der Waals surface area contributed by atoms with Crippen LogP contribution >= 0.6 is 34.2 Å². The third-order valence-corrected chi connectivity index (χ3v) is 3.05. The number of carboxylic acids is 1. The molecule has 3 nitrogen and oxygen atoms in total. The molecule has 0 aromatic heterocycles. The molecule has 1 aromatic carbocycles. The number of rotatable bonds is 3. The van der Waals surface area contributed by atoms with Gasteiger partial charge >= 0.3 is 5.97 Å². The Hall–Kier alpha value is -0.330. The smallest absolute Gasteiger partial charge is 0.320 e. The molecule has 0 bridgehead atoms. The van der Waals surface area contributed by atoms with Crippen LogP contribution in [0.2, 0.25) is 5.02 Å². The molecule has 1 atom stereocenters. The Morgan fingerprint density at radius 1 is 1.64 bits per heavy atom. The van der Waals surface area contributed by atoms with Gasteiger partial charge in [-0.3, -0.25) is 4.79 Å². The maximum absolute atomic E-state index is 10.5. The van der Waals surface area contributed by atoms with Crippen LogP contribution in [0.1, 0.15) is 5.56 Å². The SMILES string of the molecule is N[C@@H](Cc1cc(Cl)ccc1I)C(=O)O. The van der Waals surface area contributed by atoms with Crippen molar-refractivity contribution in [3.8, 4) is 0 Å². The van der Waals surface area contributed by atoms with Crippen LogP contribution in [-0.4, -0.2) is 17.1 Å². The molecule has 0 aliphatic heterocycles. The van der Waals surface area contributed by atoms with Gasteiger partial charge in [0.25, 0.3) is 0 Å². The summed E-state index contributed by atoms with van der Waals surface area (Å²) in [7, 11) is 0. The van der Waals surface area contributed by atoms with E-state index in [1.807, 2.05) is 6.07 Å². The molecule has 3 N–H and O–H groups in total. The van der Waals surface area contributed by atoms with Crippen molar-refractivity contribution in [1.82, 2.24) is 0 Å². The Kier molecular flexibility index (Phi) is 4.15. The molecule has 0 amide bonds. The third-order valence-electron chi connectivity index (χ3n) is 1.76. The summed E-state index contributed by atoms with van der Waals surface area (Å²) in [5, 5.41) is 9.24. The summed E-state index contributed by atoms with van der Waals surface area (Å²) in [6.07, 6.45) is 0.300. The Morgan fingerprint density at radius 2 is 2.29 bits per heavy atom. The topological polar surface area (TPSA) is 63.3 Å². The van der Waals surface area contributed by atoms with E-state index in [4.69, 9.17) is 22.4 Å². The summed E-state index contributed by atoms with van der Waals surface area (Å²) < 4.78 is 0.976. The molecule has 0 unspecified atom stereocenters. The maximum Gasteiger partial charge on any atom is 0.320 e. The highest BCUT2D eigenvalue weighted by atomic mass is 127. The van der Waals surface area contributed by atoms with E-state index in [0.29, 0.717) is 11.4 Å². The summed E-state index contributed by atoms with van der Waals surface area (Å²) >= 11 is 7.91. The molecule has 0 aliphatic carbocycles. The molecule has 0 saturated heterocycles. The zero-order valence-corrected chi connectivity index (χ0v) is 10.1. The van der Waals surface area contributed by atoms with Crippen LogP contribution in [0, 0.1) is 3.57 Å². The van der Waals surface area contributed by atoms with Gasteiger partial charge in [-0.15, -0.1) is 0 Å². The molecule has 0 radical (unpaired) electrons. The molecular formula is C9H9ClINO2. The lowest BCUT2D eigenvalue weighted by molar-refractivity contribution is -0.138. The number of aliphatic carboxylic acids is 1. The van der Waals surface area contributed by atoms with E-state index in [-0.39, 0.29) is 0 Å². The van der Waals surface area contributed by atoms with Crippen LogP contribution in [0.3, 0.4) is 0 Å². The molecule has 0 fully saturated rings. The summed E-state index contributed by atoms with van der Waals surface area (Å²) in [5.41, 5.74) is 6.29. The molecule has 0 saturated carbocycles. The van der Waals surface area contributed by atoms with Crippen molar-refractivity contribution in [2.75, 3.05) is 0 Å². The molecular weight excluding hydrogens is 316 g/mol. The lowest BCUT2D eigenvalue weighted by Crippen LogP contribution is -2.32. The summed E-state index contributed by atoms with van der Waals surface area (Å²) in [5.74, 6) is -0.999. The van der Waals surface area contributed by atoms with E-state index in [0.717, 1.165) is 9.13 Å². The van der Waals surface area contributed by atoms with Crippen molar-refractivity contribution < 1.29 is 9.90 Å². The highest BCUT2D eigenvalue weighted by Crippen LogP contribution is 2.18. The van der Waals surface area contributed by atoms with Crippen molar-refractivity contribution in [3.05, 3.63) is 32.4 Å². The molecule has 1 aromatic rings. The quantitative estimate of drug-likeness (QED) is 0.834. The van der Waals surface area contributed by atoms with Gasteiger partial charge in [0.1, 0.15) is 6.04 Å². The fourth-order valence-electron chi connectivity index (χ4n) is 1.02. The Labute approximate surface area is 100 Å². The van der Waals surface area contributed by atoms with E-state index in [2.05, 4.69) is 22.6 Å². The van der Waals surface area contributed by atoms with Gasteiger partial charge in [0.15, 0.2) is 0 Å². The lowest BCUT2D eigenvalue weighted by atomic mass is 10.1. The zero-order chi connectivity index (χ0) is 10.7. The average Bonchev–Trinajstić information content (AvgIpc) is 2.11. The standard InChI is InChI=1S/C9H9ClINO2/c10-6-1-2-7(11)5(3-6)4-8(12)9(13)14/h1-3,8H,4,12H2,(H,13,14)/t8-/m0/s1. The third kappa shape index (κ3) is 3.11. The summed E-state index contributed by atoms with van der Waals surface area (Å²) in [6, 6.07) is 4.47. The van der Waals surface area contributed by atoms with Crippen molar-refractivity contribution in [3.63, 3.8) is 0 Å². The zero-order valence-electron chi connectivity index (χ0n) is 7.21. The van der Waals surface area contributed by atoms with Gasteiger partial charge in [-0.05, 0) is 52.8 Å². The molecule has 76 valence electrons. The lowest BCUT2D eigenvalue weighted by Gasteiger charge is -2.08. The minimum absolute atomic E-state index is 0.300.